The first-order chi connectivity index (χ1) is 11.5. The highest BCUT2D eigenvalue weighted by Gasteiger charge is 2.11. The molecule has 0 saturated carbocycles. The number of ether oxygens (including phenoxy) is 1. The lowest BCUT2D eigenvalue weighted by molar-refractivity contribution is -0.137. The van der Waals surface area contributed by atoms with Crippen molar-refractivity contribution < 1.29 is 23.6 Å². The Morgan fingerprint density at radius 1 is 1.42 bits per heavy atom. The largest absolute Gasteiger partial charge is 0.494 e. The lowest BCUT2D eigenvalue weighted by Crippen LogP contribution is -2.18. The molecular formula is C16H20FN3O4. The average Bonchev–Trinajstić information content (AvgIpc) is 2.94. The lowest BCUT2D eigenvalue weighted by Gasteiger charge is -2.14. The van der Waals surface area contributed by atoms with Crippen LogP contribution in [0, 0.1) is 5.82 Å². The summed E-state index contributed by atoms with van der Waals surface area (Å²) in [4.78, 5) is 16.6. The third kappa shape index (κ3) is 5.31. The van der Waals surface area contributed by atoms with Crippen molar-refractivity contribution in [3.8, 4) is 5.75 Å². The molecule has 130 valence electrons. The number of methoxy groups -OCH3 is 1. The zero-order valence-corrected chi connectivity index (χ0v) is 13.7. The predicted molar refractivity (Wildman–Crippen MR) is 83.0 cm³/mol. The maximum absolute atomic E-state index is 13.7. The van der Waals surface area contributed by atoms with Crippen LogP contribution in [0.5, 0.6) is 5.75 Å². The topological polar surface area (TPSA) is 88.7 Å². The molecule has 0 unspecified atom stereocenters. The molecule has 0 radical (unpaired) electrons. The summed E-state index contributed by atoms with van der Waals surface area (Å²) in [7, 11) is 3.29. The average molecular weight is 337 g/mol. The van der Waals surface area contributed by atoms with Crippen LogP contribution in [-0.4, -0.2) is 40.3 Å². The fourth-order valence-electron chi connectivity index (χ4n) is 2.26. The molecule has 0 fully saturated rings. The van der Waals surface area contributed by atoms with E-state index < -0.39 is 11.8 Å². The monoisotopic (exact) mass is 337 g/mol. The Morgan fingerprint density at radius 2 is 2.21 bits per heavy atom. The van der Waals surface area contributed by atoms with Gasteiger partial charge in [0.2, 0.25) is 5.89 Å². The summed E-state index contributed by atoms with van der Waals surface area (Å²) < 4.78 is 23.7. The van der Waals surface area contributed by atoms with Gasteiger partial charge >= 0.3 is 5.97 Å². The molecule has 1 aromatic heterocycles. The number of aliphatic carboxylic acids is 1. The minimum Gasteiger partial charge on any atom is -0.494 e. The zero-order valence-electron chi connectivity index (χ0n) is 13.7. The summed E-state index contributed by atoms with van der Waals surface area (Å²) in [5, 5.41) is 12.5. The van der Waals surface area contributed by atoms with Crippen LogP contribution in [0.15, 0.2) is 22.7 Å². The molecule has 2 aromatic rings. The zero-order chi connectivity index (χ0) is 17.5. The Labute approximate surface area is 139 Å². The fraction of sp³-hybridized carbons (Fsp3) is 0.438. The van der Waals surface area contributed by atoms with Crippen LogP contribution < -0.4 is 4.74 Å². The first-order valence-electron chi connectivity index (χ1n) is 7.52. The van der Waals surface area contributed by atoms with Crippen molar-refractivity contribution in [1.29, 1.82) is 0 Å². The van der Waals surface area contributed by atoms with Gasteiger partial charge in [0.05, 0.1) is 13.7 Å². The van der Waals surface area contributed by atoms with E-state index in [1.54, 1.807) is 12.1 Å². The highest BCUT2D eigenvalue weighted by molar-refractivity contribution is 5.66. The number of benzene rings is 1. The van der Waals surface area contributed by atoms with E-state index in [0.29, 0.717) is 37.6 Å². The Hall–Kier alpha value is -2.48. The van der Waals surface area contributed by atoms with Gasteiger partial charge in [0, 0.05) is 19.4 Å². The Balaban J connectivity index is 1.86. The number of halogens is 1. The van der Waals surface area contributed by atoms with Crippen molar-refractivity contribution in [2.24, 2.45) is 0 Å². The van der Waals surface area contributed by atoms with E-state index in [9.17, 15) is 9.18 Å². The number of hydrogen-bond acceptors (Lipinski definition) is 6. The van der Waals surface area contributed by atoms with Crippen molar-refractivity contribution in [2.75, 3.05) is 14.2 Å². The minimum absolute atomic E-state index is 0.0701. The molecule has 1 N–H and O–H groups in total. The van der Waals surface area contributed by atoms with Crippen LogP contribution in [0.3, 0.4) is 0 Å². The van der Waals surface area contributed by atoms with Gasteiger partial charge in [-0.3, -0.25) is 9.69 Å². The van der Waals surface area contributed by atoms with Crippen molar-refractivity contribution in [3.05, 3.63) is 41.3 Å². The molecule has 0 aliphatic heterocycles. The van der Waals surface area contributed by atoms with Gasteiger partial charge < -0.3 is 14.4 Å². The second kappa shape index (κ2) is 8.39. The predicted octanol–water partition coefficient (Wildman–Crippen LogP) is 2.26. The Kier molecular flexibility index (Phi) is 6.25. The van der Waals surface area contributed by atoms with E-state index >= 15 is 0 Å². The third-order valence-corrected chi connectivity index (χ3v) is 3.37. The number of carboxylic acids is 1. The molecule has 24 heavy (non-hydrogen) atoms. The molecule has 0 aliphatic rings. The molecule has 0 amide bonds. The maximum atomic E-state index is 13.7. The van der Waals surface area contributed by atoms with Gasteiger partial charge in [-0.1, -0.05) is 11.2 Å². The quantitative estimate of drug-likeness (QED) is 0.750. The highest BCUT2D eigenvalue weighted by atomic mass is 19.1. The van der Waals surface area contributed by atoms with E-state index in [0.717, 1.165) is 5.56 Å². The summed E-state index contributed by atoms with van der Waals surface area (Å²) in [5.41, 5.74) is 0.806. The summed E-state index contributed by atoms with van der Waals surface area (Å²) in [5.74, 6) is -0.0950. The molecule has 1 aromatic carbocycles. The van der Waals surface area contributed by atoms with Crippen LogP contribution in [-0.2, 0) is 24.3 Å². The van der Waals surface area contributed by atoms with Gasteiger partial charge in [0.25, 0.3) is 0 Å². The molecule has 7 nitrogen and oxygen atoms in total. The normalized spacial score (nSPS) is 11.0. The smallest absolute Gasteiger partial charge is 0.303 e. The van der Waals surface area contributed by atoms with E-state index in [1.807, 2.05) is 11.9 Å². The second-order valence-corrected chi connectivity index (χ2v) is 5.49. The van der Waals surface area contributed by atoms with Crippen LogP contribution in [0.2, 0.25) is 0 Å². The summed E-state index contributed by atoms with van der Waals surface area (Å²) >= 11 is 0. The number of carboxylic acid groups (broad SMARTS) is 1. The molecule has 0 saturated heterocycles. The third-order valence-electron chi connectivity index (χ3n) is 3.37. The van der Waals surface area contributed by atoms with Crippen LogP contribution in [0.25, 0.3) is 0 Å². The van der Waals surface area contributed by atoms with E-state index in [2.05, 4.69) is 10.1 Å². The molecule has 0 bridgehead atoms. The number of carbonyl (C=O) groups is 1. The molecule has 8 heteroatoms. The lowest BCUT2D eigenvalue weighted by atomic mass is 10.2. The van der Waals surface area contributed by atoms with Gasteiger partial charge in [-0.25, -0.2) is 4.39 Å². The first-order valence-corrected chi connectivity index (χ1v) is 7.52. The fourth-order valence-corrected chi connectivity index (χ4v) is 2.26. The van der Waals surface area contributed by atoms with Gasteiger partial charge in [0.15, 0.2) is 17.4 Å². The number of aromatic nitrogens is 2. The van der Waals surface area contributed by atoms with Crippen molar-refractivity contribution >= 4 is 5.97 Å². The standard InChI is InChI=1S/C16H20FN3O4/c1-20(9-11-6-7-13(23-2)12(17)8-11)10-14-18-15(24-19-14)4-3-5-16(21)22/h6-8H,3-5,9-10H2,1-2H3,(H,21,22). The van der Waals surface area contributed by atoms with Crippen molar-refractivity contribution in [3.63, 3.8) is 0 Å². The first kappa shape index (κ1) is 17.9. The van der Waals surface area contributed by atoms with E-state index in [1.165, 1.54) is 13.2 Å². The SMILES string of the molecule is COc1ccc(CN(C)Cc2noc(CCCC(=O)O)n2)cc1F. The highest BCUT2D eigenvalue weighted by Crippen LogP contribution is 2.18. The number of aryl methyl sites for hydroxylation is 1. The minimum atomic E-state index is -0.846. The molecule has 1 heterocycles. The Bertz CT molecular complexity index is 690. The van der Waals surface area contributed by atoms with E-state index in [4.69, 9.17) is 14.4 Å². The molecule has 2 rings (SSSR count). The number of nitrogens with zero attached hydrogens (tertiary/aromatic N) is 3. The summed E-state index contributed by atoms with van der Waals surface area (Å²) in [6, 6.07) is 4.82. The number of rotatable bonds is 9. The van der Waals surface area contributed by atoms with E-state index in [-0.39, 0.29) is 12.2 Å². The Morgan fingerprint density at radius 3 is 2.88 bits per heavy atom. The molecule has 0 aliphatic carbocycles. The molecular weight excluding hydrogens is 317 g/mol. The van der Waals surface area contributed by atoms with Gasteiger partial charge in [-0.2, -0.15) is 4.98 Å². The summed E-state index contributed by atoms with van der Waals surface area (Å²) in [6.45, 7) is 0.958. The van der Waals surface area contributed by atoms with Crippen LogP contribution in [0.4, 0.5) is 4.39 Å². The van der Waals surface area contributed by atoms with Crippen LogP contribution in [0.1, 0.15) is 30.1 Å². The van der Waals surface area contributed by atoms with Gasteiger partial charge in [-0.15, -0.1) is 0 Å². The van der Waals surface area contributed by atoms with Crippen molar-refractivity contribution in [2.45, 2.75) is 32.4 Å². The van der Waals surface area contributed by atoms with Crippen LogP contribution >= 0.6 is 0 Å². The van der Waals surface area contributed by atoms with Gasteiger partial charge in [0.1, 0.15) is 0 Å². The maximum Gasteiger partial charge on any atom is 0.303 e. The van der Waals surface area contributed by atoms with Gasteiger partial charge in [-0.05, 0) is 31.2 Å². The molecule has 0 atom stereocenters. The molecule has 0 spiro atoms. The number of hydrogen-bond donors (Lipinski definition) is 1. The second-order valence-electron chi connectivity index (χ2n) is 5.49. The summed E-state index contributed by atoms with van der Waals surface area (Å²) in [6.07, 6.45) is 0.964. The van der Waals surface area contributed by atoms with Crippen molar-refractivity contribution in [1.82, 2.24) is 15.0 Å².